The zero-order valence-electron chi connectivity index (χ0n) is 19.1. The molecule has 0 spiro atoms. The van der Waals surface area contributed by atoms with E-state index in [1.165, 1.54) is 0 Å². The van der Waals surface area contributed by atoms with Crippen molar-refractivity contribution < 1.29 is 9.59 Å². The maximum Gasteiger partial charge on any atom is 0.268 e. The van der Waals surface area contributed by atoms with Gasteiger partial charge in [-0.2, -0.15) is 15.8 Å². The second kappa shape index (κ2) is 9.04. The molecule has 12 nitrogen and oxygen atoms in total. The quantitative estimate of drug-likeness (QED) is 0.334. The predicted molar refractivity (Wildman–Crippen MR) is 132 cm³/mol. The summed E-state index contributed by atoms with van der Waals surface area (Å²) >= 11 is 0. The maximum absolute atomic E-state index is 12.1. The first-order valence-electron chi connectivity index (χ1n) is 10.8. The molecule has 0 bridgehead atoms. The first-order valence-corrected chi connectivity index (χ1v) is 10.8. The van der Waals surface area contributed by atoms with Gasteiger partial charge in [0.05, 0.1) is 5.69 Å². The monoisotopic (exact) mass is 497 g/mol. The molecule has 3 N–H and O–H groups in total. The van der Waals surface area contributed by atoms with E-state index < -0.39 is 5.91 Å². The molecule has 178 valence electrons. The van der Waals surface area contributed by atoms with Crippen LogP contribution in [0.5, 0.6) is 0 Å². The Bertz CT molecular complexity index is 1940. The van der Waals surface area contributed by atoms with E-state index in [0.29, 0.717) is 33.3 Å². The van der Waals surface area contributed by atoms with Gasteiger partial charge in [0.2, 0.25) is 5.78 Å². The second-order valence-electron chi connectivity index (χ2n) is 7.86. The van der Waals surface area contributed by atoms with Crippen LogP contribution in [0, 0.1) is 38.9 Å². The SMILES string of the molecule is N#Cc1nc2c(N=O)c3ccccc3c-2[nH]c1C(N)=O.N#Cc1nc2c(nc1C#N)-c1ccccc1C2=O. The third-order valence-electron chi connectivity index (χ3n) is 5.82. The first-order chi connectivity index (χ1) is 18.4. The third-order valence-corrected chi connectivity index (χ3v) is 5.82. The molecule has 0 saturated carbocycles. The summed E-state index contributed by atoms with van der Waals surface area (Å²) in [6.07, 6.45) is 0. The Morgan fingerprint density at radius 3 is 1.95 bits per heavy atom. The molecule has 1 amide bonds. The molecule has 2 heterocycles. The Balaban J connectivity index is 0.000000156. The van der Waals surface area contributed by atoms with Crippen LogP contribution in [0.1, 0.15) is 43.6 Å². The van der Waals surface area contributed by atoms with Crippen molar-refractivity contribution in [2.24, 2.45) is 10.9 Å². The molecule has 0 saturated heterocycles. The van der Waals surface area contributed by atoms with E-state index >= 15 is 0 Å². The number of rotatable bonds is 2. The van der Waals surface area contributed by atoms with Gasteiger partial charge in [-0.1, -0.05) is 48.5 Å². The minimum absolute atomic E-state index is 0.0549. The lowest BCUT2D eigenvalue weighted by molar-refractivity contribution is 0.0993. The Morgan fingerprint density at radius 1 is 0.789 bits per heavy atom. The number of carbonyl (C=O) groups excluding carboxylic acids is 2. The van der Waals surface area contributed by atoms with Crippen LogP contribution >= 0.6 is 0 Å². The van der Waals surface area contributed by atoms with Crippen LogP contribution in [0.3, 0.4) is 0 Å². The fourth-order valence-electron chi connectivity index (χ4n) is 4.17. The van der Waals surface area contributed by atoms with Crippen molar-refractivity contribution in [3.8, 4) is 40.9 Å². The number of carbonyl (C=O) groups is 2. The summed E-state index contributed by atoms with van der Waals surface area (Å²) in [5.74, 6) is -1.05. The van der Waals surface area contributed by atoms with Gasteiger partial charge in [0.15, 0.2) is 17.1 Å². The molecule has 0 unspecified atom stereocenters. The fraction of sp³-hybridized carbons (Fsp3) is 0. The minimum atomic E-state index is -0.790. The number of primary amides is 1. The van der Waals surface area contributed by atoms with Crippen LogP contribution in [0.4, 0.5) is 5.69 Å². The molecule has 2 aliphatic carbocycles. The van der Waals surface area contributed by atoms with Crippen molar-refractivity contribution in [3.05, 3.63) is 87.5 Å². The molecule has 0 radical (unpaired) electrons. The fourth-order valence-corrected chi connectivity index (χ4v) is 4.17. The largest absolute Gasteiger partial charge is 0.364 e. The number of aromatic amines is 1. The highest BCUT2D eigenvalue weighted by Gasteiger charge is 2.31. The molecule has 0 atom stereocenters. The number of amides is 1. The van der Waals surface area contributed by atoms with Crippen LogP contribution in [0.25, 0.3) is 33.4 Å². The van der Waals surface area contributed by atoms with Gasteiger partial charge in [-0.15, -0.1) is 4.91 Å². The van der Waals surface area contributed by atoms with Gasteiger partial charge in [-0.25, -0.2) is 15.0 Å². The Labute approximate surface area is 212 Å². The molecule has 0 fully saturated rings. The number of hydrogen-bond acceptors (Lipinski definition) is 10. The molecule has 38 heavy (non-hydrogen) atoms. The number of nitrogens with one attached hydrogen (secondary N) is 1. The van der Waals surface area contributed by atoms with Crippen LogP contribution in [0.15, 0.2) is 53.7 Å². The van der Waals surface area contributed by atoms with Crippen molar-refractivity contribution >= 4 is 28.2 Å². The molecule has 3 aliphatic rings. The molecule has 1 aromatic heterocycles. The highest BCUT2D eigenvalue weighted by atomic mass is 16.3. The summed E-state index contributed by atoms with van der Waals surface area (Å²) in [5.41, 5.74) is 7.34. The smallest absolute Gasteiger partial charge is 0.268 e. The second-order valence-corrected chi connectivity index (χ2v) is 7.86. The van der Waals surface area contributed by atoms with E-state index in [4.69, 9.17) is 21.5 Å². The number of fused-ring (bicyclic) bond motifs is 6. The number of nitrogens with two attached hydrogens (primary N) is 1. The molecular formula is C26H11N9O3. The summed E-state index contributed by atoms with van der Waals surface area (Å²) in [4.78, 5) is 49.3. The number of aromatic nitrogens is 4. The number of H-pyrrole nitrogens is 1. The van der Waals surface area contributed by atoms with Crippen molar-refractivity contribution in [1.29, 1.82) is 15.8 Å². The van der Waals surface area contributed by atoms with Gasteiger partial charge in [0.25, 0.3) is 5.91 Å². The highest BCUT2D eigenvalue weighted by molar-refractivity contribution is 6.19. The van der Waals surface area contributed by atoms with Gasteiger partial charge in [0, 0.05) is 21.9 Å². The summed E-state index contributed by atoms with van der Waals surface area (Å²) in [6.45, 7) is 0. The number of benzene rings is 2. The van der Waals surface area contributed by atoms with Gasteiger partial charge < -0.3 is 10.7 Å². The number of nitroso groups, excluding NO2 is 1. The average Bonchev–Trinajstić information content (AvgIpc) is 3.42. The van der Waals surface area contributed by atoms with Crippen molar-refractivity contribution in [2.45, 2.75) is 0 Å². The molecule has 2 aromatic carbocycles. The minimum Gasteiger partial charge on any atom is -0.364 e. The van der Waals surface area contributed by atoms with Gasteiger partial charge in [0.1, 0.15) is 46.7 Å². The molecular weight excluding hydrogens is 486 g/mol. The lowest BCUT2D eigenvalue weighted by atomic mass is 10.1. The Kier molecular flexibility index (Phi) is 5.57. The van der Waals surface area contributed by atoms with E-state index in [1.807, 2.05) is 6.07 Å². The maximum atomic E-state index is 12.1. The number of hydrogen-bond donors (Lipinski definition) is 2. The van der Waals surface area contributed by atoms with Crippen molar-refractivity contribution in [3.63, 3.8) is 0 Å². The van der Waals surface area contributed by atoms with Crippen LogP contribution < -0.4 is 5.73 Å². The third kappa shape index (κ3) is 3.49. The van der Waals surface area contributed by atoms with Gasteiger partial charge in [-0.3, -0.25) is 9.59 Å². The zero-order valence-corrected chi connectivity index (χ0v) is 19.1. The summed E-state index contributed by atoms with van der Waals surface area (Å²) in [5, 5.41) is 31.1. The lowest BCUT2D eigenvalue weighted by Gasteiger charge is -2.05. The van der Waals surface area contributed by atoms with Crippen molar-refractivity contribution in [2.75, 3.05) is 0 Å². The number of ketones is 1. The normalized spacial score (nSPS) is 10.9. The van der Waals surface area contributed by atoms with Crippen LogP contribution in [0.2, 0.25) is 0 Å². The first kappa shape index (κ1) is 23.4. The van der Waals surface area contributed by atoms with Crippen LogP contribution in [-0.2, 0) is 0 Å². The van der Waals surface area contributed by atoms with E-state index in [2.05, 4.69) is 25.1 Å². The summed E-state index contributed by atoms with van der Waals surface area (Å²) in [6, 6.07) is 19.4. The molecule has 1 aliphatic heterocycles. The number of nitrogens with zero attached hydrogens (tertiary/aromatic N) is 7. The zero-order chi connectivity index (χ0) is 27.0. The Hall–Kier alpha value is -6.32. The predicted octanol–water partition coefficient (Wildman–Crippen LogP) is 3.47. The number of nitriles is 3. The van der Waals surface area contributed by atoms with E-state index in [9.17, 15) is 14.5 Å². The standard InChI is InChI=1S/C13H7N5O2.C13H4N4O/c14-5-8-11(13(15)19)17-9-6-3-1-2-4-7(6)10(18-20)12(9)16-8;14-5-9-10(6-15)17-12-11(16-9)7-3-1-2-4-8(7)13(12)18/h1-4,17H,(H2,15,19);1-4H. The van der Waals surface area contributed by atoms with E-state index in [1.54, 1.807) is 60.7 Å². The Morgan fingerprint density at radius 2 is 1.34 bits per heavy atom. The summed E-state index contributed by atoms with van der Waals surface area (Å²) in [7, 11) is 0. The molecule has 3 aromatic rings. The highest BCUT2D eigenvalue weighted by Crippen LogP contribution is 2.42. The van der Waals surface area contributed by atoms with Gasteiger partial charge >= 0.3 is 0 Å². The van der Waals surface area contributed by atoms with Crippen molar-refractivity contribution in [1.82, 2.24) is 19.9 Å². The lowest BCUT2D eigenvalue weighted by Crippen LogP contribution is -2.17. The average molecular weight is 497 g/mol. The van der Waals surface area contributed by atoms with E-state index in [-0.39, 0.29) is 45.6 Å². The molecule has 6 rings (SSSR count). The topological polar surface area (TPSA) is 215 Å². The van der Waals surface area contributed by atoms with E-state index in [0.717, 1.165) is 0 Å². The van der Waals surface area contributed by atoms with Crippen LogP contribution in [-0.4, -0.2) is 31.6 Å². The molecule has 12 heteroatoms. The summed E-state index contributed by atoms with van der Waals surface area (Å²) < 4.78 is 0. The van der Waals surface area contributed by atoms with Gasteiger partial charge in [-0.05, 0) is 5.18 Å².